The summed E-state index contributed by atoms with van der Waals surface area (Å²) in [5, 5.41) is 13.1. The summed E-state index contributed by atoms with van der Waals surface area (Å²) >= 11 is 6.64. The van der Waals surface area contributed by atoms with Crippen LogP contribution in [-0.2, 0) is 4.74 Å². The summed E-state index contributed by atoms with van der Waals surface area (Å²) in [4.78, 5) is 9.25. The van der Waals surface area contributed by atoms with E-state index in [0.717, 1.165) is 42.6 Å². The summed E-state index contributed by atoms with van der Waals surface area (Å²) < 4.78 is 18.1. The van der Waals surface area contributed by atoms with Crippen LogP contribution < -0.4 is 14.8 Å². The summed E-state index contributed by atoms with van der Waals surface area (Å²) in [7, 11) is 3.17. The van der Waals surface area contributed by atoms with Crippen LogP contribution in [0.5, 0.6) is 11.5 Å². The van der Waals surface area contributed by atoms with Crippen molar-refractivity contribution in [2.45, 2.75) is 18.9 Å². The van der Waals surface area contributed by atoms with Crippen molar-refractivity contribution in [3.63, 3.8) is 0 Å². The Labute approximate surface area is 183 Å². The molecule has 0 atom stereocenters. The SMILES string of the molecule is COc1cc(OC)c(Cl)c(-c2cc3cnc(NC4CCOCC4)nc3n3cnnc23)c1. The molecule has 0 aliphatic carbocycles. The molecule has 160 valence electrons. The Morgan fingerprint density at radius 3 is 2.71 bits per heavy atom. The van der Waals surface area contributed by atoms with Crippen LogP contribution in [0.15, 0.2) is 30.7 Å². The lowest BCUT2D eigenvalue weighted by Crippen LogP contribution is -2.28. The summed E-state index contributed by atoms with van der Waals surface area (Å²) in [6.45, 7) is 1.49. The predicted octanol–water partition coefficient (Wildman–Crippen LogP) is 3.60. The van der Waals surface area contributed by atoms with E-state index in [1.807, 2.05) is 16.5 Å². The highest BCUT2D eigenvalue weighted by Crippen LogP contribution is 2.41. The Balaban J connectivity index is 1.64. The maximum absolute atomic E-state index is 6.64. The van der Waals surface area contributed by atoms with Crippen molar-refractivity contribution in [2.24, 2.45) is 0 Å². The second kappa shape index (κ2) is 8.16. The van der Waals surface area contributed by atoms with Gasteiger partial charge in [-0.1, -0.05) is 11.6 Å². The van der Waals surface area contributed by atoms with Gasteiger partial charge >= 0.3 is 0 Å². The quantitative estimate of drug-likeness (QED) is 0.503. The Kier molecular flexibility index (Phi) is 5.21. The van der Waals surface area contributed by atoms with Crippen LogP contribution >= 0.6 is 11.6 Å². The minimum atomic E-state index is 0.296. The van der Waals surface area contributed by atoms with Crippen LogP contribution in [0, 0.1) is 0 Å². The number of benzene rings is 1. The minimum absolute atomic E-state index is 0.296. The molecule has 0 saturated carbocycles. The molecule has 1 aliphatic heterocycles. The van der Waals surface area contributed by atoms with E-state index in [0.29, 0.717) is 39.8 Å². The number of aromatic nitrogens is 5. The Hall–Kier alpha value is -3.17. The van der Waals surface area contributed by atoms with Gasteiger partial charge in [-0.2, -0.15) is 4.98 Å². The lowest BCUT2D eigenvalue weighted by atomic mass is 10.0. The number of methoxy groups -OCH3 is 2. The molecular weight excluding hydrogens is 420 g/mol. The van der Waals surface area contributed by atoms with Gasteiger partial charge in [-0.25, -0.2) is 4.98 Å². The standard InChI is InChI=1S/C21H21ClN6O3/c1-29-14-8-15(18(22)17(9-14)30-2)16-7-12-10-23-21(25-13-3-5-31-6-4-13)26-19(12)28-11-24-27-20(16)28/h7-11,13H,3-6H2,1-2H3,(H,23,25,26). The number of halogens is 1. The first kappa shape index (κ1) is 19.8. The summed E-state index contributed by atoms with van der Waals surface area (Å²) in [5.41, 5.74) is 2.84. The van der Waals surface area contributed by atoms with E-state index in [4.69, 9.17) is 30.8 Å². The number of hydrogen-bond donors (Lipinski definition) is 1. The molecule has 3 aromatic heterocycles. The largest absolute Gasteiger partial charge is 0.497 e. The lowest BCUT2D eigenvalue weighted by Gasteiger charge is -2.23. The van der Waals surface area contributed by atoms with Crippen molar-refractivity contribution >= 4 is 34.2 Å². The zero-order valence-electron chi connectivity index (χ0n) is 17.1. The van der Waals surface area contributed by atoms with Gasteiger partial charge in [0, 0.05) is 48.0 Å². The normalized spacial score (nSPS) is 14.8. The van der Waals surface area contributed by atoms with E-state index in [2.05, 4.69) is 20.5 Å². The van der Waals surface area contributed by atoms with Crippen molar-refractivity contribution in [2.75, 3.05) is 32.8 Å². The average Bonchev–Trinajstić information content (AvgIpc) is 3.30. The highest BCUT2D eigenvalue weighted by atomic mass is 35.5. The van der Waals surface area contributed by atoms with Crippen LogP contribution in [0.2, 0.25) is 5.02 Å². The molecule has 1 N–H and O–H groups in total. The third-order valence-electron chi connectivity index (χ3n) is 5.43. The molecule has 4 aromatic rings. The van der Waals surface area contributed by atoms with Crippen LogP contribution in [0.25, 0.3) is 27.8 Å². The molecule has 1 saturated heterocycles. The fraction of sp³-hybridized carbons (Fsp3) is 0.333. The van der Waals surface area contributed by atoms with E-state index in [1.165, 1.54) is 0 Å². The second-order valence-electron chi connectivity index (χ2n) is 7.28. The number of fused-ring (bicyclic) bond motifs is 3. The third-order valence-corrected chi connectivity index (χ3v) is 5.82. The van der Waals surface area contributed by atoms with Crippen LogP contribution in [0.4, 0.5) is 5.95 Å². The summed E-state index contributed by atoms with van der Waals surface area (Å²) in [6.07, 6.45) is 5.28. The van der Waals surface area contributed by atoms with Gasteiger partial charge in [0.25, 0.3) is 0 Å². The molecular formula is C21H21ClN6O3. The fourth-order valence-electron chi connectivity index (χ4n) is 3.80. The molecule has 10 heteroatoms. The monoisotopic (exact) mass is 440 g/mol. The number of ether oxygens (including phenoxy) is 3. The molecule has 1 fully saturated rings. The number of nitrogens with one attached hydrogen (secondary N) is 1. The molecule has 1 aliphatic rings. The maximum Gasteiger partial charge on any atom is 0.224 e. The lowest BCUT2D eigenvalue weighted by molar-refractivity contribution is 0.0903. The number of hydrogen-bond acceptors (Lipinski definition) is 8. The first-order valence-electron chi connectivity index (χ1n) is 9.93. The average molecular weight is 441 g/mol. The molecule has 9 nitrogen and oxygen atoms in total. The molecule has 0 radical (unpaired) electrons. The molecule has 5 rings (SSSR count). The summed E-state index contributed by atoms with van der Waals surface area (Å²) in [6, 6.07) is 5.84. The first-order valence-corrected chi connectivity index (χ1v) is 10.3. The van der Waals surface area contributed by atoms with Gasteiger partial charge in [0.05, 0.1) is 19.2 Å². The summed E-state index contributed by atoms with van der Waals surface area (Å²) in [5.74, 6) is 1.71. The Bertz CT molecular complexity index is 1260. The number of anilines is 1. The van der Waals surface area contributed by atoms with Gasteiger partial charge in [0.15, 0.2) is 11.3 Å². The van der Waals surface area contributed by atoms with Gasteiger partial charge in [0.2, 0.25) is 5.95 Å². The Morgan fingerprint density at radius 1 is 1.10 bits per heavy atom. The van der Waals surface area contributed by atoms with E-state index < -0.39 is 0 Å². The molecule has 31 heavy (non-hydrogen) atoms. The number of rotatable bonds is 5. The van der Waals surface area contributed by atoms with Crippen LogP contribution in [-0.4, -0.2) is 58.0 Å². The molecule has 1 aromatic carbocycles. The maximum atomic E-state index is 6.64. The van der Waals surface area contributed by atoms with Gasteiger partial charge in [-0.3, -0.25) is 4.40 Å². The highest BCUT2D eigenvalue weighted by molar-refractivity contribution is 6.35. The van der Waals surface area contributed by atoms with Crippen molar-refractivity contribution in [1.29, 1.82) is 0 Å². The van der Waals surface area contributed by atoms with Crippen molar-refractivity contribution in [3.05, 3.63) is 35.7 Å². The van der Waals surface area contributed by atoms with Crippen molar-refractivity contribution in [1.82, 2.24) is 24.6 Å². The Morgan fingerprint density at radius 2 is 1.94 bits per heavy atom. The molecule has 4 heterocycles. The van der Waals surface area contributed by atoms with Gasteiger partial charge < -0.3 is 19.5 Å². The van der Waals surface area contributed by atoms with Crippen molar-refractivity contribution < 1.29 is 14.2 Å². The molecule has 0 unspecified atom stereocenters. The third kappa shape index (κ3) is 3.60. The predicted molar refractivity (Wildman–Crippen MR) is 117 cm³/mol. The van der Waals surface area contributed by atoms with Gasteiger partial charge in [0.1, 0.15) is 17.8 Å². The fourth-order valence-corrected chi connectivity index (χ4v) is 4.09. The molecule has 0 bridgehead atoms. The minimum Gasteiger partial charge on any atom is -0.497 e. The zero-order chi connectivity index (χ0) is 21.4. The zero-order valence-corrected chi connectivity index (χ0v) is 17.9. The van der Waals surface area contributed by atoms with Crippen molar-refractivity contribution in [3.8, 4) is 22.6 Å². The highest BCUT2D eigenvalue weighted by Gasteiger charge is 2.19. The first-order chi connectivity index (χ1) is 15.2. The van der Waals surface area contributed by atoms with Gasteiger partial charge in [-0.05, 0) is 25.0 Å². The molecule has 0 spiro atoms. The number of nitrogens with zero attached hydrogens (tertiary/aromatic N) is 5. The van der Waals surface area contributed by atoms with E-state index >= 15 is 0 Å². The van der Waals surface area contributed by atoms with Gasteiger partial charge in [-0.15, -0.1) is 10.2 Å². The van der Waals surface area contributed by atoms with E-state index in [1.54, 1.807) is 32.8 Å². The van der Waals surface area contributed by atoms with Crippen LogP contribution in [0.1, 0.15) is 12.8 Å². The second-order valence-corrected chi connectivity index (χ2v) is 7.66. The van der Waals surface area contributed by atoms with E-state index in [9.17, 15) is 0 Å². The number of pyridine rings is 1. The van der Waals surface area contributed by atoms with Crippen LogP contribution in [0.3, 0.4) is 0 Å². The topological polar surface area (TPSA) is 95.7 Å². The smallest absolute Gasteiger partial charge is 0.224 e. The van der Waals surface area contributed by atoms with E-state index in [-0.39, 0.29) is 0 Å². The molecule has 0 amide bonds.